The summed E-state index contributed by atoms with van der Waals surface area (Å²) >= 11 is 0. The maximum Gasteiger partial charge on any atom is 0.410 e. The number of amides is 1. The van der Waals surface area contributed by atoms with Crippen LogP contribution in [0.5, 0.6) is 5.75 Å². The lowest BCUT2D eigenvalue weighted by molar-refractivity contribution is -0.0908. The molecule has 152 valence electrons. The summed E-state index contributed by atoms with van der Waals surface area (Å²) in [4.78, 5) is 16.5. The van der Waals surface area contributed by atoms with Crippen LogP contribution in [0.15, 0.2) is 12.1 Å². The van der Waals surface area contributed by atoms with Gasteiger partial charge in [0.2, 0.25) is 0 Å². The Bertz CT molecular complexity index is 781. The van der Waals surface area contributed by atoms with Gasteiger partial charge in [-0.25, -0.2) is 4.79 Å². The molecule has 0 unspecified atom stereocenters. The first-order valence-electron chi connectivity index (χ1n) is 9.64. The van der Waals surface area contributed by atoms with Crippen LogP contribution in [0.1, 0.15) is 43.6 Å². The highest BCUT2D eigenvalue weighted by Crippen LogP contribution is 2.33. The minimum absolute atomic E-state index is 0.0951. The molecule has 0 N–H and O–H groups in total. The van der Waals surface area contributed by atoms with E-state index in [1.165, 1.54) is 0 Å². The van der Waals surface area contributed by atoms with Crippen LogP contribution in [0.4, 0.5) is 4.79 Å². The lowest BCUT2D eigenvalue weighted by Gasteiger charge is -2.46. The highest BCUT2D eigenvalue weighted by atomic mass is 16.6. The summed E-state index contributed by atoms with van der Waals surface area (Å²) in [6, 6.07) is 6.21. The van der Waals surface area contributed by atoms with Crippen molar-refractivity contribution in [1.82, 2.24) is 9.80 Å². The van der Waals surface area contributed by atoms with E-state index in [0.717, 1.165) is 24.2 Å². The molecule has 2 aliphatic rings. The van der Waals surface area contributed by atoms with Crippen molar-refractivity contribution in [3.05, 3.63) is 28.8 Å². The first-order valence-corrected chi connectivity index (χ1v) is 9.64. The quantitative estimate of drug-likeness (QED) is 0.777. The molecule has 2 aliphatic heterocycles. The van der Waals surface area contributed by atoms with Crippen LogP contribution in [0.3, 0.4) is 0 Å². The van der Waals surface area contributed by atoms with Crippen molar-refractivity contribution in [3.8, 4) is 11.8 Å². The van der Waals surface area contributed by atoms with Crippen molar-refractivity contribution in [2.75, 3.05) is 39.9 Å². The molecule has 0 saturated carbocycles. The second kappa shape index (κ2) is 7.98. The third-order valence-electron chi connectivity index (χ3n) is 5.29. The molecule has 2 saturated heterocycles. The minimum Gasteiger partial charge on any atom is -0.495 e. The van der Waals surface area contributed by atoms with Gasteiger partial charge >= 0.3 is 6.09 Å². The Morgan fingerprint density at radius 2 is 2.04 bits per heavy atom. The summed E-state index contributed by atoms with van der Waals surface area (Å²) in [6.07, 6.45) is -0.360. The fraction of sp³-hybridized carbons (Fsp3) is 0.619. The van der Waals surface area contributed by atoms with Gasteiger partial charge in [-0.3, -0.25) is 4.90 Å². The fourth-order valence-electron chi connectivity index (χ4n) is 3.83. The third-order valence-corrected chi connectivity index (χ3v) is 5.29. The lowest BCUT2D eigenvalue weighted by Crippen LogP contribution is -2.60. The van der Waals surface area contributed by atoms with Gasteiger partial charge in [0.25, 0.3) is 0 Å². The average Bonchev–Trinajstić information content (AvgIpc) is 2.65. The number of carbonyl (C=O) groups is 1. The molecular formula is C21H29N3O4. The van der Waals surface area contributed by atoms with Gasteiger partial charge in [-0.2, -0.15) is 5.26 Å². The molecule has 0 bridgehead atoms. The number of hydrogen-bond donors (Lipinski definition) is 0. The van der Waals surface area contributed by atoms with Crippen LogP contribution in [0.25, 0.3) is 0 Å². The number of nitriles is 1. The molecule has 1 aromatic carbocycles. The maximum atomic E-state index is 12.4. The molecule has 7 heteroatoms. The number of nitrogens with zero attached hydrogens (tertiary/aromatic N) is 3. The van der Waals surface area contributed by atoms with Crippen LogP contribution >= 0.6 is 0 Å². The van der Waals surface area contributed by atoms with Crippen LogP contribution in [-0.2, 0) is 9.47 Å². The smallest absolute Gasteiger partial charge is 0.410 e. The Labute approximate surface area is 166 Å². The Balaban J connectivity index is 1.68. The van der Waals surface area contributed by atoms with Crippen LogP contribution in [0, 0.1) is 18.3 Å². The first-order chi connectivity index (χ1) is 13.2. The summed E-state index contributed by atoms with van der Waals surface area (Å²) in [5, 5.41) is 9.47. The molecular weight excluding hydrogens is 358 g/mol. The largest absolute Gasteiger partial charge is 0.495 e. The van der Waals surface area contributed by atoms with Crippen molar-refractivity contribution in [2.24, 2.45) is 0 Å². The van der Waals surface area contributed by atoms with Gasteiger partial charge in [-0.05, 0) is 44.9 Å². The normalized spacial score (nSPS) is 22.9. The SMILES string of the molecule is COc1ccc([C@H]2CN3CCN(C(=O)OC(C)(C)C)C[C@H]3CO2)c(C)c1C#N. The molecule has 0 spiro atoms. The number of benzene rings is 1. The number of hydrogen-bond acceptors (Lipinski definition) is 6. The second-order valence-corrected chi connectivity index (χ2v) is 8.37. The van der Waals surface area contributed by atoms with Crippen molar-refractivity contribution >= 4 is 6.09 Å². The molecule has 2 fully saturated rings. The van der Waals surface area contributed by atoms with Gasteiger partial charge in [-0.15, -0.1) is 0 Å². The van der Waals surface area contributed by atoms with Crippen molar-refractivity contribution < 1.29 is 19.0 Å². The van der Waals surface area contributed by atoms with Gasteiger partial charge in [0.15, 0.2) is 0 Å². The Hall–Kier alpha value is -2.30. The zero-order valence-electron chi connectivity index (χ0n) is 17.3. The molecule has 0 aliphatic carbocycles. The number of piperazine rings is 1. The van der Waals surface area contributed by atoms with E-state index in [4.69, 9.17) is 14.2 Å². The summed E-state index contributed by atoms with van der Waals surface area (Å²) in [5.74, 6) is 0.586. The monoisotopic (exact) mass is 387 g/mol. The Kier molecular flexibility index (Phi) is 5.82. The van der Waals surface area contributed by atoms with Gasteiger partial charge in [0.1, 0.15) is 17.4 Å². The Morgan fingerprint density at radius 3 is 2.68 bits per heavy atom. The van der Waals surface area contributed by atoms with Crippen LogP contribution < -0.4 is 4.74 Å². The van der Waals surface area contributed by atoms with Crippen molar-refractivity contribution in [3.63, 3.8) is 0 Å². The molecule has 28 heavy (non-hydrogen) atoms. The summed E-state index contributed by atoms with van der Waals surface area (Å²) in [7, 11) is 1.57. The molecule has 3 rings (SSSR count). The molecule has 0 radical (unpaired) electrons. The van der Waals surface area contributed by atoms with E-state index in [-0.39, 0.29) is 18.2 Å². The number of morpholine rings is 1. The van der Waals surface area contributed by atoms with Crippen molar-refractivity contribution in [1.29, 1.82) is 5.26 Å². The number of fused-ring (bicyclic) bond motifs is 1. The number of methoxy groups -OCH3 is 1. The summed E-state index contributed by atoms with van der Waals surface area (Å²) in [5.41, 5.74) is 1.98. The molecule has 2 heterocycles. The van der Waals surface area contributed by atoms with Gasteiger partial charge < -0.3 is 19.1 Å². The van der Waals surface area contributed by atoms with Gasteiger partial charge in [0.05, 0.1) is 31.4 Å². The van der Waals surface area contributed by atoms with E-state index in [1.807, 2.05) is 39.8 Å². The zero-order valence-corrected chi connectivity index (χ0v) is 17.3. The van der Waals surface area contributed by atoms with Crippen molar-refractivity contribution in [2.45, 2.75) is 45.4 Å². The minimum atomic E-state index is -0.493. The third kappa shape index (κ3) is 4.23. The lowest BCUT2D eigenvalue weighted by atomic mass is 9.96. The predicted molar refractivity (Wildman–Crippen MR) is 104 cm³/mol. The predicted octanol–water partition coefficient (Wildman–Crippen LogP) is 2.87. The second-order valence-electron chi connectivity index (χ2n) is 8.37. The highest BCUT2D eigenvalue weighted by molar-refractivity contribution is 5.68. The van der Waals surface area contributed by atoms with E-state index in [2.05, 4.69) is 11.0 Å². The summed E-state index contributed by atoms with van der Waals surface area (Å²) in [6.45, 7) is 10.9. The molecule has 1 aromatic rings. The molecule has 1 amide bonds. The Morgan fingerprint density at radius 1 is 1.29 bits per heavy atom. The van der Waals surface area contributed by atoms with Crippen LogP contribution in [0.2, 0.25) is 0 Å². The maximum absolute atomic E-state index is 12.4. The first kappa shape index (κ1) is 20.4. The molecule has 2 atom stereocenters. The number of carbonyl (C=O) groups excluding carboxylic acids is 1. The van der Waals surface area contributed by atoms with Gasteiger partial charge in [0, 0.05) is 26.2 Å². The topological polar surface area (TPSA) is 75.0 Å². The van der Waals surface area contributed by atoms with Gasteiger partial charge in [-0.1, -0.05) is 6.07 Å². The van der Waals surface area contributed by atoms with Crippen LogP contribution in [-0.4, -0.2) is 67.4 Å². The molecule has 7 nitrogen and oxygen atoms in total. The number of rotatable bonds is 2. The standard InChI is InChI=1S/C21H29N3O4/c1-14-16(6-7-18(26-5)17(14)10-22)19-12-23-8-9-24(11-15(23)13-27-19)20(25)28-21(2,3)4/h6-7,15,19H,8-9,11-13H2,1-5H3/t15-,19+/m0/s1. The summed E-state index contributed by atoms with van der Waals surface area (Å²) < 4.78 is 16.9. The molecule has 0 aromatic heterocycles. The van der Waals surface area contributed by atoms with E-state index in [1.54, 1.807) is 12.0 Å². The average molecular weight is 387 g/mol. The van der Waals surface area contributed by atoms with E-state index in [9.17, 15) is 10.1 Å². The number of ether oxygens (including phenoxy) is 3. The highest BCUT2D eigenvalue weighted by Gasteiger charge is 2.37. The van der Waals surface area contributed by atoms with E-state index < -0.39 is 5.60 Å². The fourth-order valence-corrected chi connectivity index (χ4v) is 3.83. The van der Waals surface area contributed by atoms with E-state index >= 15 is 0 Å². The van der Waals surface area contributed by atoms with E-state index in [0.29, 0.717) is 31.0 Å². The zero-order chi connectivity index (χ0) is 20.5.